The highest BCUT2D eigenvalue weighted by Crippen LogP contribution is 2.32. The first-order valence-electron chi connectivity index (χ1n) is 9.81. The van der Waals surface area contributed by atoms with Gasteiger partial charge in [0.1, 0.15) is 11.5 Å². The second-order valence-electron chi connectivity index (χ2n) is 7.13. The molecule has 2 heterocycles. The van der Waals surface area contributed by atoms with Crippen molar-refractivity contribution in [3.05, 3.63) is 54.7 Å². The van der Waals surface area contributed by atoms with Gasteiger partial charge in [0.05, 0.1) is 30.7 Å². The summed E-state index contributed by atoms with van der Waals surface area (Å²) in [4.78, 5) is 4.63. The fraction of sp³-hybridized carbons (Fsp3) is 0.273. The van der Waals surface area contributed by atoms with Crippen LogP contribution in [0.15, 0.2) is 54.7 Å². The highest BCUT2D eigenvalue weighted by atomic mass is 16.5. The van der Waals surface area contributed by atoms with Crippen LogP contribution in [0.1, 0.15) is 25.7 Å². The van der Waals surface area contributed by atoms with Crippen molar-refractivity contribution in [2.75, 3.05) is 7.11 Å². The molecule has 0 aliphatic heterocycles. The summed E-state index contributed by atoms with van der Waals surface area (Å²) in [6, 6.07) is 15.6. The molecule has 0 bridgehead atoms. The molecule has 0 spiro atoms. The Kier molecular flexibility index (Phi) is 4.56. The van der Waals surface area contributed by atoms with Gasteiger partial charge in [0.25, 0.3) is 5.78 Å². The van der Waals surface area contributed by atoms with Gasteiger partial charge in [-0.05, 0) is 62.1 Å². The number of ether oxygens (including phenoxy) is 2. The third-order valence-corrected chi connectivity index (χ3v) is 5.25. The highest BCUT2D eigenvalue weighted by molar-refractivity contribution is 5.67. The summed E-state index contributed by atoms with van der Waals surface area (Å²) in [5, 5.41) is 13.1. The van der Waals surface area contributed by atoms with Gasteiger partial charge in [-0.3, -0.25) is 0 Å². The molecule has 1 saturated carbocycles. The van der Waals surface area contributed by atoms with Gasteiger partial charge < -0.3 is 9.47 Å². The van der Waals surface area contributed by atoms with Crippen LogP contribution >= 0.6 is 0 Å². The molecule has 5 rings (SSSR count). The van der Waals surface area contributed by atoms with E-state index in [9.17, 15) is 0 Å². The van der Waals surface area contributed by atoms with E-state index in [2.05, 4.69) is 20.3 Å². The number of hydrogen-bond acceptors (Lipinski definition) is 6. The molecule has 1 aliphatic carbocycles. The molecule has 1 fully saturated rings. The zero-order valence-electron chi connectivity index (χ0n) is 16.2. The fourth-order valence-electron chi connectivity index (χ4n) is 3.71. The summed E-state index contributed by atoms with van der Waals surface area (Å²) >= 11 is 0. The van der Waals surface area contributed by atoms with Crippen molar-refractivity contribution in [1.82, 2.24) is 24.8 Å². The van der Waals surface area contributed by atoms with E-state index < -0.39 is 0 Å². The lowest BCUT2D eigenvalue weighted by atomic mass is 10.1. The second kappa shape index (κ2) is 7.50. The number of fused-ring (bicyclic) bond motifs is 1. The van der Waals surface area contributed by atoms with Crippen LogP contribution in [0.25, 0.3) is 28.4 Å². The van der Waals surface area contributed by atoms with Crippen LogP contribution in [-0.2, 0) is 0 Å². The average molecular weight is 387 g/mol. The van der Waals surface area contributed by atoms with E-state index in [1.807, 2.05) is 48.5 Å². The van der Waals surface area contributed by atoms with E-state index in [-0.39, 0.29) is 6.10 Å². The van der Waals surface area contributed by atoms with Crippen molar-refractivity contribution in [1.29, 1.82) is 0 Å². The normalized spacial score (nSPS) is 14.4. The van der Waals surface area contributed by atoms with Crippen LogP contribution in [0.3, 0.4) is 0 Å². The molecule has 0 N–H and O–H groups in total. The molecule has 7 heteroatoms. The van der Waals surface area contributed by atoms with E-state index in [0.29, 0.717) is 11.6 Å². The molecular formula is C22H21N5O2. The van der Waals surface area contributed by atoms with Gasteiger partial charge in [-0.15, -0.1) is 10.2 Å². The Morgan fingerprint density at radius 2 is 1.76 bits per heavy atom. The van der Waals surface area contributed by atoms with Gasteiger partial charge in [0.2, 0.25) is 0 Å². The lowest BCUT2D eigenvalue weighted by Gasteiger charge is -2.15. The lowest BCUT2D eigenvalue weighted by Crippen LogP contribution is -2.11. The molecular weight excluding hydrogens is 366 g/mol. The first kappa shape index (κ1) is 17.6. The summed E-state index contributed by atoms with van der Waals surface area (Å²) < 4.78 is 13.1. The molecule has 7 nitrogen and oxygen atoms in total. The topological polar surface area (TPSA) is 74.4 Å². The molecule has 0 saturated heterocycles. The SMILES string of the molecule is COc1ccc(-c2cnn3c(-c4ccccc4OC4CCCC4)nnc3n2)cc1. The first-order chi connectivity index (χ1) is 14.3. The van der Waals surface area contributed by atoms with E-state index in [4.69, 9.17) is 9.47 Å². The molecule has 1 aliphatic rings. The minimum atomic E-state index is 0.267. The Balaban J connectivity index is 1.50. The molecule has 0 radical (unpaired) electrons. The predicted molar refractivity (Wildman–Crippen MR) is 109 cm³/mol. The maximum Gasteiger partial charge on any atom is 0.272 e. The van der Waals surface area contributed by atoms with Crippen molar-refractivity contribution in [2.24, 2.45) is 0 Å². The van der Waals surface area contributed by atoms with E-state index in [1.54, 1.807) is 17.8 Å². The largest absolute Gasteiger partial charge is 0.497 e. The number of methoxy groups -OCH3 is 1. The molecule has 29 heavy (non-hydrogen) atoms. The number of rotatable bonds is 5. The highest BCUT2D eigenvalue weighted by Gasteiger charge is 2.20. The fourth-order valence-corrected chi connectivity index (χ4v) is 3.71. The van der Waals surface area contributed by atoms with Crippen molar-refractivity contribution in [3.63, 3.8) is 0 Å². The quantitative estimate of drug-likeness (QED) is 0.511. The van der Waals surface area contributed by atoms with Crippen LogP contribution < -0.4 is 9.47 Å². The predicted octanol–water partition coefficient (Wildman–Crippen LogP) is 4.18. The standard InChI is InChI=1S/C22H21N5O2/c1-28-16-12-10-15(11-13-16)19-14-23-27-21(25-26-22(27)24-19)18-8-4-5-9-20(18)29-17-6-2-3-7-17/h4-5,8-14,17H,2-3,6-7H2,1H3. The van der Waals surface area contributed by atoms with E-state index >= 15 is 0 Å². The van der Waals surface area contributed by atoms with Crippen LogP contribution in [0.2, 0.25) is 0 Å². The zero-order chi connectivity index (χ0) is 19.6. The Hall–Kier alpha value is -3.48. The van der Waals surface area contributed by atoms with Gasteiger partial charge in [-0.1, -0.05) is 12.1 Å². The minimum Gasteiger partial charge on any atom is -0.497 e. The molecule has 2 aromatic carbocycles. The number of nitrogens with zero attached hydrogens (tertiary/aromatic N) is 5. The van der Waals surface area contributed by atoms with Crippen LogP contribution in [0.4, 0.5) is 0 Å². The Labute approximate surface area is 168 Å². The summed E-state index contributed by atoms with van der Waals surface area (Å²) in [5.74, 6) is 2.69. The van der Waals surface area contributed by atoms with Crippen LogP contribution in [0, 0.1) is 0 Å². The second-order valence-corrected chi connectivity index (χ2v) is 7.13. The maximum atomic E-state index is 6.25. The van der Waals surface area contributed by atoms with Crippen LogP contribution in [0.5, 0.6) is 11.5 Å². The van der Waals surface area contributed by atoms with Crippen molar-refractivity contribution in [3.8, 4) is 34.1 Å². The molecule has 146 valence electrons. The molecule has 2 aromatic heterocycles. The van der Waals surface area contributed by atoms with Crippen molar-refractivity contribution < 1.29 is 9.47 Å². The van der Waals surface area contributed by atoms with Crippen molar-refractivity contribution in [2.45, 2.75) is 31.8 Å². The zero-order valence-corrected chi connectivity index (χ0v) is 16.2. The average Bonchev–Trinajstić information content (AvgIpc) is 3.44. The summed E-state index contributed by atoms with van der Waals surface area (Å²) in [5.41, 5.74) is 2.54. The number of hydrogen-bond donors (Lipinski definition) is 0. The Morgan fingerprint density at radius 1 is 0.966 bits per heavy atom. The Bertz CT molecular complexity index is 1130. The summed E-state index contributed by atoms with van der Waals surface area (Å²) in [7, 11) is 1.65. The van der Waals surface area contributed by atoms with Crippen molar-refractivity contribution >= 4 is 5.78 Å². The Morgan fingerprint density at radius 3 is 2.55 bits per heavy atom. The monoisotopic (exact) mass is 387 g/mol. The summed E-state index contributed by atoms with van der Waals surface area (Å²) in [6.07, 6.45) is 6.63. The third-order valence-electron chi connectivity index (χ3n) is 5.25. The van der Waals surface area contributed by atoms with Gasteiger partial charge in [0, 0.05) is 5.56 Å². The van der Waals surface area contributed by atoms with Gasteiger partial charge in [-0.2, -0.15) is 9.61 Å². The number of aromatic nitrogens is 5. The summed E-state index contributed by atoms with van der Waals surface area (Å²) in [6.45, 7) is 0. The molecule has 4 aromatic rings. The lowest BCUT2D eigenvalue weighted by molar-refractivity contribution is 0.211. The smallest absolute Gasteiger partial charge is 0.272 e. The third kappa shape index (κ3) is 3.40. The van der Waals surface area contributed by atoms with Gasteiger partial charge in [0.15, 0.2) is 5.82 Å². The molecule has 0 amide bonds. The van der Waals surface area contributed by atoms with E-state index in [0.717, 1.165) is 41.2 Å². The minimum absolute atomic E-state index is 0.267. The van der Waals surface area contributed by atoms with Crippen LogP contribution in [-0.4, -0.2) is 38.0 Å². The molecule has 0 unspecified atom stereocenters. The number of benzene rings is 2. The maximum absolute atomic E-state index is 6.25. The van der Waals surface area contributed by atoms with E-state index in [1.165, 1.54) is 12.8 Å². The molecule has 0 atom stereocenters. The first-order valence-corrected chi connectivity index (χ1v) is 9.81. The number of para-hydroxylation sites is 1. The van der Waals surface area contributed by atoms with Gasteiger partial charge in [-0.25, -0.2) is 4.98 Å². The van der Waals surface area contributed by atoms with Gasteiger partial charge >= 0.3 is 0 Å².